The summed E-state index contributed by atoms with van der Waals surface area (Å²) in [4.78, 5) is 11.0. The number of hydrogen-bond acceptors (Lipinski definition) is 1. The molecule has 64 valence electrons. The number of carbonyl (C=O) groups excluding carboxylic acids is 1. The molecule has 1 aliphatic rings. The van der Waals surface area contributed by atoms with Gasteiger partial charge in [-0.25, -0.2) is 0 Å². The summed E-state index contributed by atoms with van der Waals surface area (Å²) in [6, 6.07) is 0. The molecule has 11 heavy (non-hydrogen) atoms. The fraction of sp³-hybridized carbons (Fsp3) is 0.875. The van der Waals surface area contributed by atoms with Gasteiger partial charge in [-0.05, 0) is 12.8 Å². The molecule has 0 N–H and O–H groups in total. The predicted octanol–water partition coefficient (Wildman–Crippen LogP) is 2.73. The molecule has 3 heteroatoms. The van der Waals surface area contributed by atoms with Gasteiger partial charge in [0.2, 0.25) is 0 Å². The van der Waals surface area contributed by atoms with Crippen LogP contribution in [0.15, 0.2) is 0 Å². The van der Waals surface area contributed by atoms with Gasteiger partial charge >= 0.3 is 0 Å². The molecule has 0 spiro atoms. The minimum absolute atomic E-state index is 0.0130. The van der Waals surface area contributed by atoms with Gasteiger partial charge in [-0.1, -0.05) is 6.42 Å². The number of carbonyl (C=O) groups is 1. The molecule has 2 unspecified atom stereocenters. The molecule has 1 saturated carbocycles. The van der Waals surface area contributed by atoms with E-state index in [1.54, 1.807) is 0 Å². The van der Waals surface area contributed by atoms with Crippen LogP contribution < -0.4 is 0 Å². The monoisotopic (exact) mass is 194 g/mol. The average molecular weight is 195 g/mol. The number of rotatable bonds is 0. The maximum atomic E-state index is 11.0. The summed E-state index contributed by atoms with van der Waals surface area (Å²) < 4.78 is 0. The summed E-state index contributed by atoms with van der Waals surface area (Å²) in [5, 5.41) is -0.162. The van der Waals surface area contributed by atoms with Crippen molar-refractivity contribution >= 4 is 29.0 Å². The van der Waals surface area contributed by atoms with E-state index in [9.17, 15) is 4.79 Å². The van der Waals surface area contributed by atoms with Crippen molar-refractivity contribution in [3.63, 3.8) is 0 Å². The van der Waals surface area contributed by atoms with Gasteiger partial charge in [0.25, 0.3) is 0 Å². The Bertz CT molecular complexity index is 147. The zero-order valence-corrected chi connectivity index (χ0v) is 7.87. The summed E-state index contributed by atoms with van der Waals surface area (Å²) in [5.41, 5.74) is 0. The molecular weight excluding hydrogens is 183 g/mol. The van der Waals surface area contributed by atoms with Crippen LogP contribution in [0.2, 0.25) is 0 Å². The van der Waals surface area contributed by atoms with Crippen LogP contribution in [0, 0.1) is 0 Å². The zero-order chi connectivity index (χ0) is 8.27. The normalized spacial score (nSPS) is 34.5. The van der Waals surface area contributed by atoms with Crippen molar-refractivity contribution < 1.29 is 4.79 Å². The SMILES string of the molecule is O=C1CCCCC(Cl)C(Cl)C1. The molecule has 2 atom stereocenters. The van der Waals surface area contributed by atoms with Crippen molar-refractivity contribution in [3.8, 4) is 0 Å². The van der Waals surface area contributed by atoms with Gasteiger partial charge in [-0.15, -0.1) is 23.2 Å². The third-order valence-corrected chi connectivity index (χ3v) is 3.11. The van der Waals surface area contributed by atoms with Crippen molar-refractivity contribution in [2.45, 2.75) is 42.9 Å². The molecule has 0 radical (unpaired) electrons. The fourth-order valence-corrected chi connectivity index (χ4v) is 1.83. The number of ketones is 1. The molecule has 0 aromatic rings. The van der Waals surface area contributed by atoms with Crippen molar-refractivity contribution in [2.75, 3.05) is 0 Å². The highest BCUT2D eigenvalue weighted by Gasteiger charge is 2.21. The third kappa shape index (κ3) is 3.00. The van der Waals surface area contributed by atoms with Gasteiger partial charge in [0.05, 0.1) is 10.8 Å². The molecule has 1 aliphatic carbocycles. The molecule has 0 aromatic heterocycles. The van der Waals surface area contributed by atoms with E-state index >= 15 is 0 Å². The van der Waals surface area contributed by atoms with E-state index in [-0.39, 0.29) is 16.5 Å². The second-order valence-electron chi connectivity index (χ2n) is 3.02. The summed E-state index contributed by atoms with van der Waals surface area (Å²) in [5.74, 6) is 0.260. The molecule has 0 bridgehead atoms. The maximum absolute atomic E-state index is 11.0. The van der Waals surface area contributed by atoms with Gasteiger partial charge < -0.3 is 0 Å². The maximum Gasteiger partial charge on any atom is 0.134 e. The van der Waals surface area contributed by atoms with Gasteiger partial charge in [-0.2, -0.15) is 0 Å². The van der Waals surface area contributed by atoms with E-state index in [2.05, 4.69) is 0 Å². The van der Waals surface area contributed by atoms with Gasteiger partial charge in [0, 0.05) is 12.8 Å². The highest BCUT2D eigenvalue weighted by molar-refractivity contribution is 6.30. The first kappa shape index (κ1) is 9.34. The smallest absolute Gasteiger partial charge is 0.134 e. The van der Waals surface area contributed by atoms with Crippen molar-refractivity contribution in [3.05, 3.63) is 0 Å². The van der Waals surface area contributed by atoms with Gasteiger partial charge in [-0.3, -0.25) is 4.79 Å². The lowest BCUT2D eigenvalue weighted by Gasteiger charge is -2.17. The first-order chi connectivity index (χ1) is 5.20. The van der Waals surface area contributed by atoms with E-state index in [0.717, 1.165) is 19.3 Å². The minimum atomic E-state index is -0.149. The quantitative estimate of drug-likeness (QED) is 0.543. The Labute approximate surface area is 77.1 Å². The number of alkyl halides is 2. The second-order valence-corrected chi connectivity index (χ2v) is 4.14. The van der Waals surface area contributed by atoms with E-state index in [1.807, 2.05) is 0 Å². The molecule has 0 amide bonds. The highest BCUT2D eigenvalue weighted by atomic mass is 35.5. The Hall–Kier alpha value is 0.250. The largest absolute Gasteiger partial charge is 0.300 e. The second kappa shape index (κ2) is 4.32. The lowest BCUT2D eigenvalue weighted by Crippen LogP contribution is -2.21. The Morgan fingerprint density at radius 3 is 2.64 bits per heavy atom. The summed E-state index contributed by atoms with van der Waals surface area (Å²) in [6.07, 6.45) is 4.10. The molecule has 0 aromatic carbocycles. The number of hydrogen-bond donors (Lipinski definition) is 0. The lowest BCUT2D eigenvalue weighted by atomic mass is 9.99. The molecule has 1 rings (SSSR count). The van der Waals surface area contributed by atoms with Crippen LogP contribution in [-0.2, 0) is 4.79 Å². The summed E-state index contributed by atoms with van der Waals surface area (Å²) >= 11 is 11.8. The van der Waals surface area contributed by atoms with Crippen molar-refractivity contribution in [1.82, 2.24) is 0 Å². The van der Waals surface area contributed by atoms with E-state index in [4.69, 9.17) is 23.2 Å². The van der Waals surface area contributed by atoms with Crippen LogP contribution in [0.4, 0.5) is 0 Å². The number of halogens is 2. The molecule has 0 heterocycles. The molecule has 1 nitrogen and oxygen atoms in total. The highest BCUT2D eigenvalue weighted by Crippen LogP contribution is 2.23. The summed E-state index contributed by atoms with van der Waals surface area (Å²) in [7, 11) is 0. The minimum Gasteiger partial charge on any atom is -0.300 e. The van der Waals surface area contributed by atoms with E-state index < -0.39 is 0 Å². The molecule has 0 aliphatic heterocycles. The van der Waals surface area contributed by atoms with Crippen LogP contribution in [-0.4, -0.2) is 16.5 Å². The van der Waals surface area contributed by atoms with Gasteiger partial charge in [0.15, 0.2) is 0 Å². The van der Waals surface area contributed by atoms with Crippen LogP contribution in [0.25, 0.3) is 0 Å². The van der Waals surface area contributed by atoms with Crippen LogP contribution in [0.3, 0.4) is 0 Å². The number of Topliss-reactive ketones (excluding diaryl/α,β-unsaturated/α-hetero) is 1. The third-order valence-electron chi connectivity index (χ3n) is 2.00. The lowest BCUT2D eigenvalue weighted by molar-refractivity contribution is -0.119. The first-order valence-corrected chi connectivity index (χ1v) is 4.87. The predicted molar refractivity (Wildman–Crippen MR) is 47.4 cm³/mol. The zero-order valence-electron chi connectivity index (χ0n) is 6.35. The molecular formula is C8H12Cl2O. The van der Waals surface area contributed by atoms with E-state index in [0.29, 0.717) is 12.8 Å². The Morgan fingerprint density at radius 2 is 1.91 bits per heavy atom. The Kier molecular flexibility index (Phi) is 3.67. The van der Waals surface area contributed by atoms with Crippen molar-refractivity contribution in [1.29, 1.82) is 0 Å². The standard InChI is InChI=1S/C8H12Cl2O/c9-7-4-2-1-3-6(11)5-8(7)10/h7-8H,1-5H2. The van der Waals surface area contributed by atoms with Crippen molar-refractivity contribution in [2.24, 2.45) is 0 Å². The van der Waals surface area contributed by atoms with Gasteiger partial charge in [0.1, 0.15) is 5.78 Å². The Balaban J connectivity index is 2.44. The average Bonchev–Trinajstić information content (AvgIpc) is 1.95. The van der Waals surface area contributed by atoms with Crippen LogP contribution in [0.5, 0.6) is 0 Å². The molecule has 0 saturated heterocycles. The molecule has 1 fully saturated rings. The first-order valence-electron chi connectivity index (χ1n) is 4.00. The fourth-order valence-electron chi connectivity index (χ4n) is 1.29. The summed E-state index contributed by atoms with van der Waals surface area (Å²) in [6.45, 7) is 0. The van der Waals surface area contributed by atoms with E-state index in [1.165, 1.54) is 0 Å². The Morgan fingerprint density at radius 1 is 1.18 bits per heavy atom. The van der Waals surface area contributed by atoms with Crippen LogP contribution >= 0.6 is 23.2 Å². The topological polar surface area (TPSA) is 17.1 Å². The van der Waals surface area contributed by atoms with Crippen LogP contribution in [0.1, 0.15) is 32.1 Å².